The summed E-state index contributed by atoms with van der Waals surface area (Å²) >= 11 is 0. The third-order valence-corrected chi connectivity index (χ3v) is 4.97. The maximum Gasteiger partial charge on any atom is 0.158 e. The summed E-state index contributed by atoms with van der Waals surface area (Å²) in [5, 5.41) is 3.72. The van der Waals surface area contributed by atoms with Gasteiger partial charge in [0.1, 0.15) is 0 Å². The Balaban J connectivity index is 2.07. The Bertz CT molecular complexity index is 326. The molecule has 0 aromatic heterocycles. The van der Waals surface area contributed by atoms with E-state index in [1.54, 1.807) is 0 Å². The molecule has 0 amide bonds. The first-order valence-electron chi connectivity index (χ1n) is 8.78. The average Bonchev–Trinajstić information content (AvgIpc) is 2.38. The topological polar surface area (TPSA) is 29.1 Å². The minimum absolute atomic E-state index is 0.365. The normalized spacial score (nSPS) is 26.9. The van der Waals surface area contributed by atoms with Crippen molar-refractivity contribution >= 4 is 5.78 Å². The summed E-state index contributed by atoms with van der Waals surface area (Å²) in [5.41, 5.74) is 1.10. The van der Waals surface area contributed by atoms with E-state index in [2.05, 4.69) is 11.4 Å². The lowest BCUT2D eigenvalue weighted by atomic mass is 9.83. The standard InChI is InChI=1S/C18H31NO/c1-2-18(20)16-12-8-9-13-19-17(14-16)15-10-6-4-3-5-7-11-15/h14-15,17,19H,2-13H2,1H3. The Morgan fingerprint density at radius 3 is 2.50 bits per heavy atom. The van der Waals surface area contributed by atoms with E-state index in [0.29, 0.717) is 18.2 Å². The first-order valence-corrected chi connectivity index (χ1v) is 8.78. The molecule has 1 fully saturated rings. The number of carbonyl (C=O) groups excluding carboxylic acids is 1. The SMILES string of the molecule is CCC(=O)C1=CC(C2CCCCCCC2)NCCCC1. The van der Waals surface area contributed by atoms with Crippen molar-refractivity contribution in [2.24, 2.45) is 5.92 Å². The van der Waals surface area contributed by atoms with E-state index in [0.717, 1.165) is 30.9 Å². The molecular weight excluding hydrogens is 246 g/mol. The van der Waals surface area contributed by atoms with Crippen LogP contribution >= 0.6 is 0 Å². The van der Waals surface area contributed by atoms with Crippen molar-refractivity contribution in [1.82, 2.24) is 5.32 Å². The van der Waals surface area contributed by atoms with Gasteiger partial charge in [-0.3, -0.25) is 4.79 Å². The highest BCUT2D eigenvalue weighted by Gasteiger charge is 2.22. The quantitative estimate of drug-likeness (QED) is 0.828. The van der Waals surface area contributed by atoms with Gasteiger partial charge in [-0.05, 0) is 50.1 Å². The molecule has 1 aliphatic heterocycles. The number of hydrogen-bond acceptors (Lipinski definition) is 2. The molecule has 0 aromatic carbocycles. The highest BCUT2D eigenvalue weighted by atomic mass is 16.1. The Morgan fingerprint density at radius 1 is 1.10 bits per heavy atom. The zero-order valence-electron chi connectivity index (χ0n) is 13.1. The second kappa shape index (κ2) is 8.61. The molecule has 0 radical (unpaired) electrons. The molecule has 2 heteroatoms. The maximum absolute atomic E-state index is 12.1. The van der Waals surface area contributed by atoms with Crippen LogP contribution in [-0.2, 0) is 4.79 Å². The van der Waals surface area contributed by atoms with E-state index < -0.39 is 0 Å². The number of ketones is 1. The molecule has 0 aromatic rings. The van der Waals surface area contributed by atoms with E-state index in [1.807, 2.05) is 6.92 Å². The molecule has 1 unspecified atom stereocenters. The van der Waals surface area contributed by atoms with Crippen molar-refractivity contribution in [2.45, 2.75) is 83.6 Å². The average molecular weight is 277 g/mol. The van der Waals surface area contributed by atoms with Gasteiger partial charge in [-0.1, -0.05) is 45.1 Å². The number of hydrogen-bond donors (Lipinski definition) is 1. The van der Waals surface area contributed by atoms with Crippen molar-refractivity contribution in [3.63, 3.8) is 0 Å². The lowest BCUT2D eigenvalue weighted by molar-refractivity contribution is -0.115. The number of allylic oxidation sites excluding steroid dienone is 1. The molecule has 1 saturated carbocycles. The predicted molar refractivity (Wildman–Crippen MR) is 84.8 cm³/mol. The molecule has 1 atom stereocenters. The summed E-state index contributed by atoms with van der Waals surface area (Å²) in [6, 6.07) is 0.443. The fraction of sp³-hybridized carbons (Fsp3) is 0.833. The monoisotopic (exact) mass is 277 g/mol. The minimum atomic E-state index is 0.365. The molecule has 0 spiro atoms. The molecule has 114 valence electrons. The predicted octanol–water partition coefficient (Wildman–Crippen LogP) is 4.39. The van der Waals surface area contributed by atoms with Crippen LogP contribution < -0.4 is 5.32 Å². The summed E-state index contributed by atoms with van der Waals surface area (Å²) in [6.45, 7) is 3.10. The third-order valence-electron chi connectivity index (χ3n) is 4.97. The van der Waals surface area contributed by atoms with Crippen LogP contribution in [0.4, 0.5) is 0 Å². The summed E-state index contributed by atoms with van der Waals surface area (Å²) in [5.74, 6) is 1.11. The molecule has 0 saturated heterocycles. The molecule has 2 aliphatic rings. The zero-order valence-corrected chi connectivity index (χ0v) is 13.1. The smallest absolute Gasteiger partial charge is 0.158 e. The van der Waals surface area contributed by atoms with Crippen LogP contribution in [0.2, 0.25) is 0 Å². The van der Waals surface area contributed by atoms with E-state index >= 15 is 0 Å². The van der Waals surface area contributed by atoms with E-state index in [-0.39, 0.29) is 0 Å². The third kappa shape index (κ3) is 4.73. The van der Waals surface area contributed by atoms with Crippen LogP contribution in [0.25, 0.3) is 0 Å². The first-order chi connectivity index (χ1) is 9.81. The lowest BCUT2D eigenvalue weighted by Crippen LogP contribution is -2.37. The highest BCUT2D eigenvalue weighted by Crippen LogP contribution is 2.27. The summed E-state index contributed by atoms with van der Waals surface area (Å²) in [7, 11) is 0. The zero-order chi connectivity index (χ0) is 14.2. The van der Waals surface area contributed by atoms with Crippen LogP contribution in [-0.4, -0.2) is 18.4 Å². The van der Waals surface area contributed by atoms with Gasteiger partial charge in [0, 0.05) is 12.5 Å². The molecule has 20 heavy (non-hydrogen) atoms. The van der Waals surface area contributed by atoms with Crippen molar-refractivity contribution in [3.05, 3.63) is 11.6 Å². The fourth-order valence-corrected chi connectivity index (χ4v) is 3.68. The Kier molecular flexibility index (Phi) is 6.78. The van der Waals surface area contributed by atoms with Gasteiger partial charge >= 0.3 is 0 Å². The molecule has 0 bridgehead atoms. The van der Waals surface area contributed by atoms with E-state index in [4.69, 9.17) is 0 Å². The van der Waals surface area contributed by atoms with Gasteiger partial charge in [-0.15, -0.1) is 0 Å². The van der Waals surface area contributed by atoms with Crippen molar-refractivity contribution < 1.29 is 4.79 Å². The molecule has 2 nitrogen and oxygen atoms in total. The molecule has 1 heterocycles. The van der Waals surface area contributed by atoms with Gasteiger partial charge in [0.25, 0.3) is 0 Å². The number of rotatable bonds is 3. The van der Waals surface area contributed by atoms with Crippen molar-refractivity contribution in [3.8, 4) is 0 Å². The Labute approximate surface area is 124 Å². The summed E-state index contributed by atoms with van der Waals surface area (Å²) in [6.07, 6.45) is 15.9. The van der Waals surface area contributed by atoms with Gasteiger partial charge in [0.15, 0.2) is 5.78 Å². The lowest BCUT2D eigenvalue weighted by Gasteiger charge is -2.29. The van der Waals surface area contributed by atoms with Crippen LogP contribution in [0.5, 0.6) is 0 Å². The number of carbonyl (C=O) groups is 1. The summed E-state index contributed by atoms with van der Waals surface area (Å²) in [4.78, 5) is 12.1. The Hall–Kier alpha value is -0.630. The molecule has 2 rings (SSSR count). The molecule has 1 aliphatic carbocycles. The largest absolute Gasteiger partial charge is 0.310 e. The first kappa shape index (κ1) is 15.8. The van der Waals surface area contributed by atoms with Gasteiger partial charge in [-0.2, -0.15) is 0 Å². The van der Waals surface area contributed by atoms with Crippen LogP contribution in [0.3, 0.4) is 0 Å². The van der Waals surface area contributed by atoms with Gasteiger partial charge in [0.05, 0.1) is 0 Å². The van der Waals surface area contributed by atoms with E-state index in [1.165, 1.54) is 51.4 Å². The van der Waals surface area contributed by atoms with Crippen LogP contribution in [0.15, 0.2) is 11.6 Å². The van der Waals surface area contributed by atoms with Crippen molar-refractivity contribution in [2.75, 3.05) is 6.54 Å². The Morgan fingerprint density at radius 2 is 1.80 bits per heavy atom. The van der Waals surface area contributed by atoms with Gasteiger partial charge in [0.2, 0.25) is 0 Å². The highest BCUT2D eigenvalue weighted by molar-refractivity contribution is 5.95. The van der Waals surface area contributed by atoms with Gasteiger partial charge in [-0.25, -0.2) is 0 Å². The van der Waals surface area contributed by atoms with Crippen LogP contribution in [0, 0.1) is 5.92 Å². The fourth-order valence-electron chi connectivity index (χ4n) is 3.68. The second-order valence-electron chi connectivity index (χ2n) is 6.51. The van der Waals surface area contributed by atoms with Crippen molar-refractivity contribution in [1.29, 1.82) is 0 Å². The maximum atomic E-state index is 12.1. The van der Waals surface area contributed by atoms with Gasteiger partial charge < -0.3 is 5.32 Å². The molecular formula is C18H31NO. The van der Waals surface area contributed by atoms with E-state index in [9.17, 15) is 4.79 Å². The second-order valence-corrected chi connectivity index (χ2v) is 6.51. The van der Waals surface area contributed by atoms with Crippen LogP contribution in [0.1, 0.15) is 77.6 Å². The number of Topliss-reactive ketones (excluding diaryl/α,β-unsaturated/α-hetero) is 1. The summed E-state index contributed by atoms with van der Waals surface area (Å²) < 4.78 is 0. The number of nitrogens with one attached hydrogen (secondary N) is 1. The molecule has 1 N–H and O–H groups in total. The minimum Gasteiger partial charge on any atom is -0.310 e.